The number of rotatable bonds is 3. The van der Waals surface area contributed by atoms with Crippen LogP contribution in [0.5, 0.6) is 0 Å². The first kappa shape index (κ1) is 15.1. The average molecular weight is 349 g/mol. The molecule has 3 nitrogen and oxygen atoms in total. The summed E-state index contributed by atoms with van der Waals surface area (Å²) in [5.41, 5.74) is 0.755. The minimum atomic E-state index is -1.43. The maximum atomic E-state index is 13.6. The summed E-state index contributed by atoms with van der Waals surface area (Å²) in [6.07, 6.45) is -1.47. The second-order valence-electron chi connectivity index (χ2n) is 4.47. The Morgan fingerprint density at radius 3 is 2.30 bits per heavy atom. The van der Waals surface area contributed by atoms with Gasteiger partial charge in [0.2, 0.25) is 0 Å². The van der Waals surface area contributed by atoms with Crippen LogP contribution in [-0.4, -0.2) is 14.9 Å². The van der Waals surface area contributed by atoms with Gasteiger partial charge in [0.15, 0.2) is 0 Å². The summed E-state index contributed by atoms with van der Waals surface area (Å²) < 4.78 is 42.2. The highest BCUT2D eigenvalue weighted by molar-refractivity contribution is 9.10. The first-order chi connectivity index (χ1) is 9.31. The second-order valence-corrected chi connectivity index (χ2v) is 5.27. The third-order valence-corrected chi connectivity index (χ3v) is 4.06. The largest absolute Gasteiger partial charge is 0.388 e. The molecule has 1 aromatic carbocycles. The summed E-state index contributed by atoms with van der Waals surface area (Å²) in [6.45, 7) is 1.76. The smallest absolute Gasteiger partial charge is 0.134 e. The molecule has 0 aliphatic heterocycles. The van der Waals surface area contributed by atoms with Gasteiger partial charge in [-0.3, -0.25) is 4.68 Å². The van der Waals surface area contributed by atoms with Crippen LogP contribution >= 0.6 is 15.9 Å². The monoisotopic (exact) mass is 348 g/mol. The zero-order valence-electron chi connectivity index (χ0n) is 10.8. The van der Waals surface area contributed by atoms with Crippen LogP contribution in [-0.2, 0) is 13.5 Å². The first-order valence-electron chi connectivity index (χ1n) is 5.81. The van der Waals surface area contributed by atoms with Gasteiger partial charge in [-0.15, -0.1) is 0 Å². The van der Waals surface area contributed by atoms with Gasteiger partial charge in [0.05, 0.1) is 27.5 Å². The number of aliphatic hydroxyl groups excluding tert-OH is 1. The maximum Gasteiger partial charge on any atom is 0.134 e. The van der Waals surface area contributed by atoms with Crippen molar-refractivity contribution in [2.24, 2.45) is 7.05 Å². The van der Waals surface area contributed by atoms with E-state index < -0.39 is 29.1 Å². The lowest BCUT2D eigenvalue weighted by atomic mass is 10.0. The Kier molecular flexibility index (Phi) is 4.19. The van der Waals surface area contributed by atoms with Crippen molar-refractivity contribution in [2.75, 3.05) is 0 Å². The molecule has 20 heavy (non-hydrogen) atoms. The van der Waals surface area contributed by atoms with Gasteiger partial charge >= 0.3 is 0 Å². The van der Waals surface area contributed by atoms with Crippen molar-refractivity contribution in [1.29, 1.82) is 0 Å². The van der Waals surface area contributed by atoms with Gasteiger partial charge in [0, 0.05) is 25.6 Å². The summed E-state index contributed by atoms with van der Waals surface area (Å²) >= 11 is 3.31. The summed E-state index contributed by atoms with van der Waals surface area (Å²) in [5, 5.41) is 14.1. The van der Waals surface area contributed by atoms with E-state index in [-0.39, 0.29) is 6.42 Å². The van der Waals surface area contributed by atoms with E-state index in [1.165, 1.54) is 4.68 Å². The van der Waals surface area contributed by atoms with Gasteiger partial charge in [-0.05, 0) is 22.9 Å². The van der Waals surface area contributed by atoms with Crippen LogP contribution in [0.3, 0.4) is 0 Å². The standard InChI is InChI=1S/C13H12BrF3N2O/c1-6-13(14)10(19(2)18-6)5-11(20)12-8(16)3-7(15)4-9(12)17/h3-4,11,20H,5H2,1-2H3. The number of aliphatic hydroxyl groups is 1. The first-order valence-corrected chi connectivity index (χ1v) is 6.61. The fraction of sp³-hybridized carbons (Fsp3) is 0.308. The fourth-order valence-electron chi connectivity index (χ4n) is 2.06. The highest BCUT2D eigenvalue weighted by atomic mass is 79.9. The van der Waals surface area contributed by atoms with E-state index in [0.29, 0.717) is 28.0 Å². The molecule has 1 atom stereocenters. The Morgan fingerprint density at radius 2 is 1.85 bits per heavy atom. The molecule has 1 N–H and O–H groups in total. The Labute approximate surface area is 122 Å². The number of aromatic nitrogens is 2. The van der Waals surface area contributed by atoms with Crippen molar-refractivity contribution in [2.45, 2.75) is 19.4 Å². The Balaban J connectivity index is 2.36. The molecular weight excluding hydrogens is 337 g/mol. The molecule has 7 heteroatoms. The highest BCUT2D eigenvalue weighted by Gasteiger charge is 2.22. The number of hydrogen-bond donors (Lipinski definition) is 1. The third kappa shape index (κ3) is 2.73. The molecule has 1 heterocycles. The SMILES string of the molecule is Cc1nn(C)c(CC(O)c2c(F)cc(F)cc2F)c1Br. The van der Waals surface area contributed by atoms with Crippen LogP contribution in [0.1, 0.15) is 23.1 Å². The molecule has 0 saturated carbocycles. The minimum Gasteiger partial charge on any atom is -0.388 e. The molecule has 0 radical (unpaired) electrons. The molecule has 0 aliphatic rings. The fourth-order valence-corrected chi connectivity index (χ4v) is 2.56. The van der Waals surface area contributed by atoms with E-state index in [0.717, 1.165) is 0 Å². The topological polar surface area (TPSA) is 38.0 Å². The molecule has 2 aromatic rings. The lowest BCUT2D eigenvalue weighted by Gasteiger charge is -2.13. The zero-order valence-corrected chi connectivity index (χ0v) is 12.4. The van der Waals surface area contributed by atoms with E-state index >= 15 is 0 Å². The van der Waals surface area contributed by atoms with Crippen molar-refractivity contribution in [3.63, 3.8) is 0 Å². The zero-order chi connectivity index (χ0) is 15.0. The van der Waals surface area contributed by atoms with Crippen molar-refractivity contribution >= 4 is 15.9 Å². The van der Waals surface area contributed by atoms with Crippen LogP contribution in [0.25, 0.3) is 0 Å². The number of nitrogens with zero attached hydrogens (tertiary/aromatic N) is 2. The predicted molar refractivity (Wildman–Crippen MR) is 70.6 cm³/mol. The van der Waals surface area contributed by atoms with Crippen molar-refractivity contribution in [3.05, 3.63) is 51.0 Å². The lowest BCUT2D eigenvalue weighted by molar-refractivity contribution is 0.165. The average Bonchev–Trinajstić information content (AvgIpc) is 2.54. The summed E-state index contributed by atoms with van der Waals surface area (Å²) in [5.74, 6) is -3.23. The number of aryl methyl sites for hydroxylation is 2. The Morgan fingerprint density at radius 1 is 1.30 bits per heavy atom. The summed E-state index contributed by atoms with van der Waals surface area (Å²) in [6, 6.07) is 1.09. The molecule has 108 valence electrons. The van der Waals surface area contributed by atoms with E-state index in [9.17, 15) is 18.3 Å². The Bertz CT molecular complexity index is 634. The van der Waals surface area contributed by atoms with E-state index in [2.05, 4.69) is 21.0 Å². The highest BCUT2D eigenvalue weighted by Crippen LogP contribution is 2.28. The Hall–Kier alpha value is -1.34. The van der Waals surface area contributed by atoms with E-state index in [1.54, 1.807) is 14.0 Å². The van der Waals surface area contributed by atoms with Crippen molar-refractivity contribution in [1.82, 2.24) is 9.78 Å². The maximum absolute atomic E-state index is 13.6. The number of halogens is 4. The molecule has 2 rings (SSSR count). The molecule has 0 fully saturated rings. The van der Waals surface area contributed by atoms with Crippen molar-refractivity contribution < 1.29 is 18.3 Å². The van der Waals surface area contributed by atoms with E-state index in [1.807, 2.05) is 0 Å². The molecule has 1 unspecified atom stereocenters. The third-order valence-electron chi connectivity index (χ3n) is 3.03. The van der Waals surface area contributed by atoms with Crippen LogP contribution in [0.4, 0.5) is 13.2 Å². The molecule has 0 bridgehead atoms. The quantitative estimate of drug-likeness (QED) is 0.924. The van der Waals surface area contributed by atoms with E-state index in [4.69, 9.17) is 0 Å². The van der Waals surface area contributed by atoms with Gasteiger partial charge in [0.25, 0.3) is 0 Å². The summed E-state index contributed by atoms with van der Waals surface area (Å²) in [7, 11) is 1.66. The molecule has 0 aliphatic carbocycles. The molecular formula is C13H12BrF3N2O. The number of benzene rings is 1. The van der Waals surface area contributed by atoms with Crippen LogP contribution in [0.2, 0.25) is 0 Å². The predicted octanol–water partition coefficient (Wildman–Crippen LogP) is 3.18. The van der Waals surface area contributed by atoms with Gasteiger partial charge in [-0.25, -0.2) is 13.2 Å². The molecule has 0 amide bonds. The normalized spacial score (nSPS) is 12.8. The van der Waals surface area contributed by atoms with Crippen LogP contribution < -0.4 is 0 Å². The lowest BCUT2D eigenvalue weighted by Crippen LogP contribution is -2.11. The van der Waals surface area contributed by atoms with Gasteiger partial charge < -0.3 is 5.11 Å². The molecule has 1 aromatic heterocycles. The molecule has 0 saturated heterocycles. The molecule has 0 spiro atoms. The second kappa shape index (κ2) is 5.57. The van der Waals surface area contributed by atoms with Crippen LogP contribution in [0, 0.1) is 24.4 Å². The van der Waals surface area contributed by atoms with Gasteiger partial charge in [0.1, 0.15) is 17.5 Å². The minimum absolute atomic E-state index is 0.0443. The summed E-state index contributed by atoms with van der Waals surface area (Å²) in [4.78, 5) is 0. The van der Waals surface area contributed by atoms with Crippen LogP contribution in [0.15, 0.2) is 16.6 Å². The van der Waals surface area contributed by atoms with Gasteiger partial charge in [-0.2, -0.15) is 5.10 Å². The van der Waals surface area contributed by atoms with Gasteiger partial charge in [-0.1, -0.05) is 0 Å². The van der Waals surface area contributed by atoms with Crippen molar-refractivity contribution in [3.8, 4) is 0 Å². The number of hydrogen-bond acceptors (Lipinski definition) is 2.